The second-order valence-electron chi connectivity index (χ2n) is 7.18. The first kappa shape index (κ1) is 17.9. The number of hydrogen-bond donors (Lipinski definition) is 1. The molecule has 1 aliphatic rings. The first-order chi connectivity index (χ1) is 14.1. The molecule has 2 aromatic carbocycles. The van der Waals surface area contributed by atoms with E-state index in [1.54, 1.807) is 30.5 Å². The average Bonchev–Trinajstić information content (AvgIpc) is 3.17. The summed E-state index contributed by atoms with van der Waals surface area (Å²) in [6.45, 7) is 0.956. The van der Waals surface area contributed by atoms with E-state index in [-0.39, 0.29) is 4.90 Å². The first-order valence-corrected chi connectivity index (χ1v) is 11.1. The molecule has 0 saturated carbocycles. The van der Waals surface area contributed by atoms with Gasteiger partial charge in [-0.15, -0.1) is 0 Å². The van der Waals surface area contributed by atoms with Crippen molar-refractivity contribution in [2.75, 3.05) is 4.72 Å². The van der Waals surface area contributed by atoms with Gasteiger partial charge in [0, 0.05) is 36.3 Å². The Bertz CT molecular complexity index is 1280. The molecule has 146 valence electrons. The van der Waals surface area contributed by atoms with Gasteiger partial charge in [0.15, 0.2) is 0 Å². The van der Waals surface area contributed by atoms with Gasteiger partial charge in [-0.25, -0.2) is 13.4 Å². The van der Waals surface area contributed by atoms with Crippen molar-refractivity contribution in [3.63, 3.8) is 0 Å². The molecule has 7 heteroatoms. The van der Waals surface area contributed by atoms with Crippen molar-refractivity contribution < 1.29 is 8.42 Å². The predicted octanol–water partition coefficient (Wildman–Crippen LogP) is 4.24. The Balaban J connectivity index is 1.56. The van der Waals surface area contributed by atoms with E-state index in [0.717, 1.165) is 48.3 Å². The third kappa shape index (κ3) is 3.27. The zero-order valence-corrected chi connectivity index (χ0v) is 16.6. The van der Waals surface area contributed by atoms with Crippen molar-refractivity contribution in [1.82, 2.24) is 14.5 Å². The number of aryl methyl sites for hydroxylation is 2. The lowest BCUT2D eigenvalue weighted by Crippen LogP contribution is -2.14. The molecule has 1 aliphatic heterocycles. The number of sulfonamides is 1. The van der Waals surface area contributed by atoms with E-state index in [1.165, 1.54) is 0 Å². The number of imidazole rings is 1. The predicted molar refractivity (Wildman–Crippen MR) is 113 cm³/mol. The van der Waals surface area contributed by atoms with E-state index >= 15 is 0 Å². The van der Waals surface area contributed by atoms with Gasteiger partial charge in [0.1, 0.15) is 10.7 Å². The summed E-state index contributed by atoms with van der Waals surface area (Å²) in [5, 5.41) is 0.783. The van der Waals surface area contributed by atoms with Crippen LogP contribution < -0.4 is 4.72 Å². The van der Waals surface area contributed by atoms with Crippen LogP contribution in [0.25, 0.3) is 22.2 Å². The highest BCUT2D eigenvalue weighted by molar-refractivity contribution is 7.93. The Morgan fingerprint density at radius 3 is 2.72 bits per heavy atom. The molecular formula is C22H20N4O2S. The second kappa shape index (κ2) is 7.00. The highest BCUT2D eigenvalue weighted by atomic mass is 32.2. The van der Waals surface area contributed by atoms with E-state index in [4.69, 9.17) is 4.98 Å². The fraction of sp³-hybridized carbons (Fsp3) is 0.182. The number of para-hydroxylation sites is 2. The van der Waals surface area contributed by atoms with E-state index < -0.39 is 10.0 Å². The number of nitrogens with zero attached hydrogens (tertiary/aromatic N) is 3. The molecule has 4 aromatic rings. The lowest BCUT2D eigenvalue weighted by Gasteiger charge is -2.12. The zero-order valence-electron chi connectivity index (χ0n) is 15.7. The standard InChI is InChI=1S/C22H20N4O2S/c27-29(28,20-11-5-7-16-8-6-13-23-22(16)20)25-18-10-2-1-9-17(18)19-15-26-14-4-3-12-21(26)24-19/h1-2,5-11,13,15,25H,3-4,12,14H2. The van der Waals surface area contributed by atoms with E-state index in [2.05, 4.69) is 14.3 Å². The Labute approximate surface area is 169 Å². The molecule has 0 radical (unpaired) electrons. The van der Waals surface area contributed by atoms with Crippen molar-refractivity contribution in [2.24, 2.45) is 0 Å². The quantitative estimate of drug-likeness (QED) is 0.552. The van der Waals surface area contributed by atoms with Crippen LogP contribution in [0.1, 0.15) is 18.7 Å². The van der Waals surface area contributed by atoms with Gasteiger partial charge in [-0.1, -0.05) is 36.4 Å². The largest absolute Gasteiger partial charge is 0.334 e. The van der Waals surface area contributed by atoms with Gasteiger partial charge in [0.2, 0.25) is 0 Å². The maximum atomic E-state index is 13.2. The summed E-state index contributed by atoms with van der Waals surface area (Å²) >= 11 is 0. The number of fused-ring (bicyclic) bond motifs is 2. The monoisotopic (exact) mass is 404 g/mol. The molecule has 6 nitrogen and oxygen atoms in total. The lowest BCUT2D eigenvalue weighted by molar-refractivity contribution is 0.522. The first-order valence-electron chi connectivity index (χ1n) is 9.64. The number of rotatable bonds is 4. The average molecular weight is 404 g/mol. The van der Waals surface area contributed by atoms with E-state index in [1.807, 2.05) is 36.5 Å². The fourth-order valence-corrected chi connectivity index (χ4v) is 5.09. The fourth-order valence-electron chi connectivity index (χ4n) is 3.83. The highest BCUT2D eigenvalue weighted by Crippen LogP contribution is 2.31. The van der Waals surface area contributed by atoms with Crippen molar-refractivity contribution >= 4 is 26.6 Å². The third-order valence-electron chi connectivity index (χ3n) is 5.24. The molecule has 0 bridgehead atoms. The second-order valence-corrected chi connectivity index (χ2v) is 8.83. The Hall–Kier alpha value is -3.19. The minimum Gasteiger partial charge on any atom is -0.334 e. The minimum atomic E-state index is -3.82. The zero-order chi connectivity index (χ0) is 19.8. The van der Waals surface area contributed by atoms with Crippen molar-refractivity contribution in [2.45, 2.75) is 30.7 Å². The van der Waals surface area contributed by atoms with Crippen molar-refractivity contribution in [1.29, 1.82) is 0 Å². The SMILES string of the molecule is O=S(=O)(Nc1ccccc1-c1cn2c(n1)CCCC2)c1cccc2cccnc12. The van der Waals surface area contributed by atoms with E-state index in [9.17, 15) is 8.42 Å². The molecule has 0 atom stereocenters. The van der Waals surface area contributed by atoms with Crippen LogP contribution in [-0.4, -0.2) is 23.0 Å². The van der Waals surface area contributed by atoms with Crippen LogP contribution in [-0.2, 0) is 23.0 Å². The minimum absolute atomic E-state index is 0.162. The number of pyridine rings is 1. The maximum Gasteiger partial charge on any atom is 0.264 e. The van der Waals surface area contributed by atoms with Crippen LogP contribution >= 0.6 is 0 Å². The van der Waals surface area contributed by atoms with Crippen LogP contribution in [0.2, 0.25) is 0 Å². The maximum absolute atomic E-state index is 13.2. The normalized spacial score (nSPS) is 13.9. The number of anilines is 1. The highest BCUT2D eigenvalue weighted by Gasteiger charge is 2.21. The van der Waals surface area contributed by atoms with Gasteiger partial charge in [-0.3, -0.25) is 9.71 Å². The molecule has 29 heavy (non-hydrogen) atoms. The topological polar surface area (TPSA) is 76.9 Å². The summed E-state index contributed by atoms with van der Waals surface area (Å²) in [6.07, 6.45) is 6.85. The van der Waals surface area contributed by atoms with Gasteiger partial charge < -0.3 is 4.57 Å². The number of aromatic nitrogens is 3. The molecule has 2 aromatic heterocycles. The summed E-state index contributed by atoms with van der Waals surface area (Å²) in [5.74, 6) is 1.06. The van der Waals surface area contributed by atoms with Gasteiger partial charge in [0.05, 0.1) is 16.9 Å². The molecule has 1 N–H and O–H groups in total. The van der Waals surface area contributed by atoms with Crippen LogP contribution in [0.4, 0.5) is 5.69 Å². The molecule has 0 spiro atoms. The number of nitrogens with one attached hydrogen (secondary N) is 1. The van der Waals surface area contributed by atoms with Crippen molar-refractivity contribution in [3.05, 3.63) is 72.8 Å². The van der Waals surface area contributed by atoms with Crippen molar-refractivity contribution in [3.8, 4) is 11.3 Å². The van der Waals surface area contributed by atoms with Crippen LogP contribution in [0, 0.1) is 0 Å². The van der Waals surface area contributed by atoms with Crippen LogP contribution in [0.15, 0.2) is 71.9 Å². The van der Waals surface area contributed by atoms with Crippen LogP contribution in [0.5, 0.6) is 0 Å². The molecule has 5 rings (SSSR count). The summed E-state index contributed by atoms with van der Waals surface area (Å²) in [5.41, 5.74) is 2.52. The van der Waals surface area contributed by atoms with Gasteiger partial charge in [-0.05, 0) is 31.0 Å². The number of hydrogen-bond acceptors (Lipinski definition) is 4. The molecule has 0 saturated heterocycles. The van der Waals surface area contributed by atoms with Gasteiger partial charge in [-0.2, -0.15) is 0 Å². The summed E-state index contributed by atoms with van der Waals surface area (Å²) < 4.78 is 31.4. The summed E-state index contributed by atoms with van der Waals surface area (Å²) in [6, 6.07) is 16.2. The molecule has 0 amide bonds. The summed E-state index contributed by atoms with van der Waals surface area (Å²) in [4.78, 5) is 9.19. The molecular weight excluding hydrogens is 384 g/mol. The molecule has 0 fully saturated rings. The summed E-state index contributed by atoms with van der Waals surface area (Å²) in [7, 11) is -3.82. The molecule has 0 unspecified atom stereocenters. The smallest absolute Gasteiger partial charge is 0.264 e. The van der Waals surface area contributed by atoms with Gasteiger partial charge in [0.25, 0.3) is 10.0 Å². The molecule has 3 heterocycles. The van der Waals surface area contributed by atoms with E-state index in [0.29, 0.717) is 11.2 Å². The third-order valence-corrected chi connectivity index (χ3v) is 6.64. The van der Waals surface area contributed by atoms with Crippen LogP contribution in [0.3, 0.4) is 0 Å². The Morgan fingerprint density at radius 2 is 1.83 bits per heavy atom. The number of benzene rings is 2. The molecule has 0 aliphatic carbocycles. The lowest BCUT2D eigenvalue weighted by atomic mass is 10.1. The Morgan fingerprint density at radius 1 is 0.966 bits per heavy atom. The Kier molecular flexibility index (Phi) is 4.32. The van der Waals surface area contributed by atoms with Gasteiger partial charge >= 0.3 is 0 Å².